The molecule has 1 aliphatic heterocycles. The molecule has 4 aromatic rings. The first-order valence-corrected chi connectivity index (χ1v) is 12.0. The molecule has 1 N–H and O–H groups in total. The van der Waals surface area contributed by atoms with Gasteiger partial charge in [-0.05, 0) is 68.9 Å². The Labute approximate surface area is 203 Å². The predicted octanol–water partition coefficient (Wildman–Crippen LogP) is 4.22. The van der Waals surface area contributed by atoms with Gasteiger partial charge in [0, 0.05) is 36.5 Å². The van der Waals surface area contributed by atoms with E-state index in [1.54, 1.807) is 11.6 Å². The van der Waals surface area contributed by atoms with Crippen molar-refractivity contribution in [1.29, 1.82) is 0 Å². The van der Waals surface area contributed by atoms with E-state index >= 15 is 0 Å². The summed E-state index contributed by atoms with van der Waals surface area (Å²) in [5.41, 5.74) is 5.56. The first-order chi connectivity index (χ1) is 16.9. The third-order valence-electron chi connectivity index (χ3n) is 6.98. The number of methoxy groups -OCH3 is 1. The highest BCUT2D eigenvalue weighted by Crippen LogP contribution is 2.33. The number of hydrogen-bond acceptors (Lipinski definition) is 7. The first-order valence-electron chi connectivity index (χ1n) is 12.0. The van der Waals surface area contributed by atoms with Gasteiger partial charge in [-0.25, -0.2) is 14.5 Å². The number of carboxylic acid groups (broad SMARTS) is 1. The van der Waals surface area contributed by atoms with Crippen LogP contribution in [0.4, 0.5) is 5.95 Å². The van der Waals surface area contributed by atoms with Gasteiger partial charge in [0.15, 0.2) is 11.3 Å². The summed E-state index contributed by atoms with van der Waals surface area (Å²) in [5.74, 6) is 1.32. The highest BCUT2D eigenvalue weighted by molar-refractivity contribution is 6.01. The number of ether oxygens (including phenoxy) is 1. The van der Waals surface area contributed by atoms with Crippen molar-refractivity contribution in [3.05, 3.63) is 41.2 Å². The van der Waals surface area contributed by atoms with E-state index in [-0.39, 0.29) is 6.42 Å². The van der Waals surface area contributed by atoms with Crippen molar-refractivity contribution in [2.45, 2.75) is 46.5 Å². The summed E-state index contributed by atoms with van der Waals surface area (Å²) in [7, 11) is 1.65. The molecule has 1 saturated heterocycles. The average molecular weight is 475 g/mol. The van der Waals surface area contributed by atoms with Crippen LogP contribution in [0.5, 0.6) is 5.75 Å². The quantitative estimate of drug-likeness (QED) is 0.443. The number of aryl methyl sites for hydroxylation is 2. The van der Waals surface area contributed by atoms with Gasteiger partial charge in [0.2, 0.25) is 5.95 Å². The zero-order valence-corrected chi connectivity index (χ0v) is 20.6. The summed E-state index contributed by atoms with van der Waals surface area (Å²) in [4.78, 5) is 28.2. The number of anilines is 1. The van der Waals surface area contributed by atoms with Gasteiger partial charge in [0.05, 0.1) is 18.2 Å². The second-order valence-electron chi connectivity index (χ2n) is 9.36. The molecule has 0 amide bonds. The molecule has 3 aromatic heterocycles. The Morgan fingerprint density at radius 1 is 1.11 bits per heavy atom. The number of benzene rings is 1. The lowest BCUT2D eigenvalue weighted by Gasteiger charge is -2.30. The van der Waals surface area contributed by atoms with Gasteiger partial charge in [-0.15, -0.1) is 5.10 Å². The molecule has 0 unspecified atom stereocenters. The molecular weight excluding hydrogens is 444 g/mol. The summed E-state index contributed by atoms with van der Waals surface area (Å²) >= 11 is 0. The Morgan fingerprint density at radius 2 is 1.83 bits per heavy atom. The molecule has 5 rings (SSSR count). The zero-order chi connectivity index (χ0) is 24.7. The summed E-state index contributed by atoms with van der Waals surface area (Å²) in [6.07, 6.45) is 2.67. The summed E-state index contributed by atoms with van der Waals surface area (Å²) < 4.78 is 7.14. The van der Waals surface area contributed by atoms with Crippen LogP contribution < -0.4 is 9.64 Å². The Morgan fingerprint density at radius 3 is 2.49 bits per heavy atom. The smallest absolute Gasteiger partial charge is 0.303 e. The molecular formula is C26H30N6O3. The highest BCUT2D eigenvalue weighted by atomic mass is 16.5. The van der Waals surface area contributed by atoms with Crippen molar-refractivity contribution in [2.24, 2.45) is 5.92 Å². The molecule has 1 aliphatic rings. The molecule has 0 aliphatic carbocycles. The molecule has 1 aromatic carbocycles. The molecule has 0 spiro atoms. The number of hydrogen-bond donors (Lipinski definition) is 1. The molecule has 0 radical (unpaired) electrons. The molecule has 9 heteroatoms. The minimum Gasteiger partial charge on any atom is -0.497 e. The van der Waals surface area contributed by atoms with Gasteiger partial charge in [0.25, 0.3) is 0 Å². The van der Waals surface area contributed by atoms with Crippen molar-refractivity contribution in [3.63, 3.8) is 0 Å². The minimum atomic E-state index is -0.831. The number of aromatic nitrogens is 5. The van der Waals surface area contributed by atoms with Gasteiger partial charge < -0.3 is 14.7 Å². The maximum Gasteiger partial charge on any atom is 0.303 e. The van der Waals surface area contributed by atoms with E-state index in [9.17, 15) is 9.90 Å². The maximum atomic E-state index is 11.2. The average Bonchev–Trinajstić information content (AvgIpc) is 3.22. The van der Waals surface area contributed by atoms with Gasteiger partial charge in [0.1, 0.15) is 5.75 Å². The summed E-state index contributed by atoms with van der Waals surface area (Å²) in [6, 6.07) is 7.83. The van der Waals surface area contributed by atoms with Crippen LogP contribution in [0.15, 0.2) is 24.3 Å². The molecule has 35 heavy (non-hydrogen) atoms. The fraction of sp³-hybridized carbons (Fsp3) is 0.423. The van der Waals surface area contributed by atoms with E-state index in [4.69, 9.17) is 24.8 Å². The summed E-state index contributed by atoms with van der Waals surface area (Å²) in [5, 5.41) is 14.8. The second kappa shape index (κ2) is 9.13. The molecule has 0 saturated carbocycles. The lowest BCUT2D eigenvalue weighted by Crippen LogP contribution is -2.34. The van der Waals surface area contributed by atoms with Crippen molar-refractivity contribution in [3.8, 4) is 17.0 Å². The first kappa shape index (κ1) is 23.0. The van der Waals surface area contributed by atoms with Crippen LogP contribution in [0.2, 0.25) is 0 Å². The van der Waals surface area contributed by atoms with E-state index < -0.39 is 5.97 Å². The van der Waals surface area contributed by atoms with Crippen LogP contribution in [0.3, 0.4) is 0 Å². The number of rotatable bonds is 6. The lowest BCUT2D eigenvalue weighted by atomic mass is 9.99. The van der Waals surface area contributed by atoms with Crippen molar-refractivity contribution < 1.29 is 14.6 Å². The molecule has 1 fully saturated rings. The Kier molecular flexibility index (Phi) is 6.00. The van der Waals surface area contributed by atoms with Crippen LogP contribution in [-0.2, 0) is 11.2 Å². The molecule has 0 bridgehead atoms. The third kappa shape index (κ3) is 4.26. The van der Waals surface area contributed by atoms with Gasteiger partial charge in [-0.3, -0.25) is 4.79 Å². The van der Waals surface area contributed by atoms with Crippen molar-refractivity contribution >= 4 is 28.6 Å². The fourth-order valence-corrected chi connectivity index (χ4v) is 4.82. The Balaban J connectivity index is 1.73. The fourth-order valence-electron chi connectivity index (χ4n) is 4.82. The van der Waals surface area contributed by atoms with Crippen molar-refractivity contribution in [2.75, 3.05) is 25.1 Å². The number of fused-ring (bicyclic) bond motifs is 3. The molecule has 9 nitrogen and oxygen atoms in total. The van der Waals surface area contributed by atoms with E-state index in [2.05, 4.69) is 11.8 Å². The normalized spacial score (nSPS) is 14.7. The number of carboxylic acids is 1. The molecule has 4 heterocycles. The molecule has 182 valence electrons. The Bertz CT molecular complexity index is 1400. The van der Waals surface area contributed by atoms with Gasteiger partial charge in [-0.1, -0.05) is 6.92 Å². The van der Waals surface area contributed by atoms with Crippen LogP contribution in [-0.4, -0.2) is 55.8 Å². The van der Waals surface area contributed by atoms with E-state index in [0.717, 1.165) is 65.3 Å². The van der Waals surface area contributed by atoms with Gasteiger partial charge in [-0.2, -0.15) is 4.98 Å². The third-order valence-corrected chi connectivity index (χ3v) is 6.98. The number of carbonyl (C=O) groups is 1. The predicted molar refractivity (Wildman–Crippen MR) is 134 cm³/mol. The summed E-state index contributed by atoms with van der Waals surface area (Å²) in [6.45, 7) is 7.99. The maximum absolute atomic E-state index is 11.2. The van der Waals surface area contributed by atoms with Crippen LogP contribution in [0.25, 0.3) is 27.9 Å². The number of piperidine rings is 1. The van der Waals surface area contributed by atoms with Crippen molar-refractivity contribution in [1.82, 2.24) is 24.6 Å². The Hall–Kier alpha value is -3.75. The highest BCUT2D eigenvalue weighted by Gasteiger charge is 2.24. The second-order valence-corrected chi connectivity index (χ2v) is 9.36. The number of aliphatic carboxylic acids is 1. The standard InChI is InChI=1S/C26H30N6O3/c1-15-11-13-31(14-12-15)26-28-23(18-5-7-19(35-4)8-6-18)22-24(29-26)30-32-17(3)20(9-10-21(33)34)16(2)27-25(22)32/h5-8,15H,9-14H2,1-4H3,(H,33,34). The van der Waals surface area contributed by atoms with Crippen LogP contribution in [0, 0.1) is 19.8 Å². The largest absolute Gasteiger partial charge is 0.497 e. The SMILES string of the molecule is COc1ccc(-c2nc(N3CCC(C)CC3)nc3nn4c(C)c(CCC(=O)O)c(C)nc4c23)cc1. The van der Waals surface area contributed by atoms with E-state index in [1.165, 1.54) is 0 Å². The number of nitrogens with zero attached hydrogens (tertiary/aromatic N) is 6. The lowest BCUT2D eigenvalue weighted by molar-refractivity contribution is -0.136. The van der Waals surface area contributed by atoms with Crippen LogP contribution in [0.1, 0.15) is 43.1 Å². The van der Waals surface area contributed by atoms with Gasteiger partial charge >= 0.3 is 5.97 Å². The molecule has 0 atom stereocenters. The topological polar surface area (TPSA) is 106 Å². The van der Waals surface area contributed by atoms with E-state index in [1.807, 2.05) is 38.1 Å². The monoisotopic (exact) mass is 474 g/mol. The van der Waals surface area contributed by atoms with Crippen LogP contribution >= 0.6 is 0 Å². The van der Waals surface area contributed by atoms with E-state index in [0.29, 0.717) is 29.6 Å². The minimum absolute atomic E-state index is 0.0457. The zero-order valence-electron chi connectivity index (χ0n) is 20.6.